The van der Waals surface area contributed by atoms with Crippen molar-refractivity contribution in [3.05, 3.63) is 74.7 Å². The van der Waals surface area contributed by atoms with E-state index < -0.39 is 0 Å². The van der Waals surface area contributed by atoms with Crippen LogP contribution in [-0.4, -0.2) is 30.4 Å². The van der Waals surface area contributed by atoms with E-state index in [-0.39, 0.29) is 12.1 Å². The quantitative estimate of drug-likeness (QED) is 0.348. The van der Waals surface area contributed by atoms with E-state index in [9.17, 15) is 0 Å². The Morgan fingerprint density at radius 1 is 1.17 bits per heavy atom. The van der Waals surface area contributed by atoms with Gasteiger partial charge < -0.3 is 19.7 Å². The minimum Gasteiger partial charge on any atom is -0.490 e. The summed E-state index contributed by atoms with van der Waals surface area (Å²) in [6.07, 6.45) is 1.78. The maximum Gasteiger partial charge on any atom is 0.174 e. The molecule has 0 bridgehead atoms. The number of ether oxygens (including phenoxy) is 2. The SMILES string of the molecule is COCCOc1ccc(N2C(=S)NC(c3ccccn3)C2c2ccc(Cl)s2)cc1Cl. The highest BCUT2D eigenvalue weighted by molar-refractivity contribution is 7.80. The smallest absolute Gasteiger partial charge is 0.174 e. The summed E-state index contributed by atoms with van der Waals surface area (Å²) in [5, 5.41) is 4.53. The third kappa shape index (κ3) is 4.40. The maximum absolute atomic E-state index is 6.50. The molecule has 3 heterocycles. The Morgan fingerprint density at radius 3 is 2.70 bits per heavy atom. The van der Waals surface area contributed by atoms with Crippen LogP contribution < -0.4 is 15.0 Å². The number of pyridine rings is 1. The second-order valence-electron chi connectivity index (χ2n) is 6.59. The monoisotopic (exact) mass is 479 g/mol. The van der Waals surface area contributed by atoms with Gasteiger partial charge in [0.25, 0.3) is 0 Å². The number of hydrogen-bond acceptors (Lipinski definition) is 5. The summed E-state index contributed by atoms with van der Waals surface area (Å²) in [4.78, 5) is 7.68. The first-order chi connectivity index (χ1) is 14.6. The van der Waals surface area contributed by atoms with Crippen LogP contribution in [0.4, 0.5) is 5.69 Å². The highest BCUT2D eigenvalue weighted by Gasteiger charge is 2.41. The molecular weight excluding hydrogens is 461 g/mol. The van der Waals surface area contributed by atoms with Crippen LogP contribution in [0.5, 0.6) is 5.75 Å². The number of aromatic nitrogens is 1. The number of methoxy groups -OCH3 is 1. The first-order valence-electron chi connectivity index (χ1n) is 9.25. The second kappa shape index (κ2) is 9.49. The van der Waals surface area contributed by atoms with E-state index in [0.29, 0.717) is 29.1 Å². The van der Waals surface area contributed by atoms with Crippen molar-refractivity contribution in [1.29, 1.82) is 0 Å². The van der Waals surface area contributed by atoms with E-state index in [4.69, 9.17) is 44.9 Å². The fourth-order valence-corrected chi connectivity index (χ4v) is 5.17. The molecular formula is C21H19Cl2N3O2S2. The van der Waals surface area contributed by atoms with Gasteiger partial charge in [-0.25, -0.2) is 0 Å². The lowest BCUT2D eigenvalue weighted by atomic mass is 10.0. The van der Waals surface area contributed by atoms with Crippen LogP contribution in [0.25, 0.3) is 0 Å². The average molecular weight is 480 g/mol. The lowest BCUT2D eigenvalue weighted by molar-refractivity contribution is 0.146. The summed E-state index contributed by atoms with van der Waals surface area (Å²) in [6.45, 7) is 0.919. The van der Waals surface area contributed by atoms with Crippen LogP contribution >= 0.6 is 46.8 Å². The van der Waals surface area contributed by atoms with Crippen LogP contribution in [0, 0.1) is 0 Å². The molecule has 1 aliphatic heterocycles. The van der Waals surface area contributed by atoms with Crippen molar-refractivity contribution in [1.82, 2.24) is 10.3 Å². The number of halogens is 2. The molecule has 9 heteroatoms. The van der Waals surface area contributed by atoms with E-state index in [0.717, 1.165) is 20.6 Å². The van der Waals surface area contributed by atoms with Gasteiger partial charge in [-0.1, -0.05) is 29.3 Å². The number of anilines is 1. The van der Waals surface area contributed by atoms with E-state index in [1.807, 2.05) is 48.5 Å². The number of rotatable bonds is 7. The molecule has 1 aromatic carbocycles. The van der Waals surface area contributed by atoms with E-state index >= 15 is 0 Å². The van der Waals surface area contributed by atoms with Gasteiger partial charge in [0.2, 0.25) is 0 Å². The molecule has 30 heavy (non-hydrogen) atoms. The number of hydrogen-bond donors (Lipinski definition) is 1. The molecule has 0 amide bonds. The summed E-state index contributed by atoms with van der Waals surface area (Å²) >= 11 is 20.0. The predicted octanol–water partition coefficient (Wildman–Crippen LogP) is 5.65. The Kier molecular flexibility index (Phi) is 6.75. The van der Waals surface area contributed by atoms with Crippen molar-refractivity contribution in [2.24, 2.45) is 0 Å². The van der Waals surface area contributed by atoms with Crippen LogP contribution in [-0.2, 0) is 4.74 Å². The fraction of sp³-hybridized carbons (Fsp3) is 0.238. The molecule has 3 aromatic rings. The van der Waals surface area contributed by atoms with Gasteiger partial charge in [0.15, 0.2) is 5.11 Å². The van der Waals surface area contributed by atoms with Gasteiger partial charge in [-0.05, 0) is 54.7 Å². The van der Waals surface area contributed by atoms with Crippen LogP contribution in [0.3, 0.4) is 0 Å². The molecule has 0 saturated carbocycles. The molecule has 0 radical (unpaired) electrons. The molecule has 0 aliphatic carbocycles. The average Bonchev–Trinajstić information content (AvgIpc) is 3.33. The van der Waals surface area contributed by atoms with Crippen LogP contribution in [0.2, 0.25) is 9.36 Å². The van der Waals surface area contributed by atoms with Crippen molar-refractivity contribution in [2.75, 3.05) is 25.2 Å². The maximum atomic E-state index is 6.50. The summed E-state index contributed by atoms with van der Waals surface area (Å²) in [7, 11) is 1.63. The van der Waals surface area contributed by atoms with E-state index in [1.165, 1.54) is 11.3 Å². The number of thiophene rings is 1. The lowest BCUT2D eigenvalue weighted by Gasteiger charge is -2.27. The Labute approximate surface area is 194 Å². The Morgan fingerprint density at radius 2 is 2.03 bits per heavy atom. The first kappa shape index (κ1) is 21.3. The fourth-order valence-electron chi connectivity index (χ4n) is 3.40. The Balaban J connectivity index is 1.70. The molecule has 156 valence electrons. The van der Waals surface area contributed by atoms with E-state index in [1.54, 1.807) is 13.3 Å². The molecule has 5 nitrogen and oxygen atoms in total. The summed E-state index contributed by atoms with van der Waals surface area (Å²) < 4.78 is 11.4. The Bertz CT molecular complexity index is 1030. The molecule has 2 aromatic heterocycles. The van der Waals surface area contributed by atoms with Crippen molar-refractivity contribution in [3.8, 4) is 5.75 Å². The number of benzene rings is 1. The second-order valence-corrected chi connectivity index (χ2v) is 9.14. The molecule has 1 N–H and O–H groups in total. The summed E-state index contributed by atoms with van der Waals surface area (Å²) in [5.74, 6) is 0.604. The third-order valence-electron chi connectivity index (χ3n) is 4.72. The molecule has 4 rings (SSSR count). The van der Waals surface area contributed by atoms with Crippen LogP contribution in [0.1, 0.15) is 22.7 Å². The standard InChI is InChI=1S/C21H19Cl2N3O2S2/c1-27-10-11-28-16-6-5-13(12-14(16)22)26-20(17-7-8-18(23)30-17)19(25-21(26)29)15-4-2-3-9-24-15/h2-9,12,19-20H,10-11H2,1H3,(H,25,29). The zero-order valence-electron chi connectivity index (χ0n) is 16.0. The van der Waals surface area contributed by atoms with Gasteiger partial charge in [0.05, 0.1) is 33.7 Å². The number of thiocarbonyl (C=S) groups is 1. The largest absolute Gasteiger partial charge is 0.490 e. The van der Waals surface area contributed by atoms with Gasteiger partial charge in [0.1, 0.15) is 12.4 Å². The highest BCUT2D eigenvalue weighted by atomic mass is 35.5. The highest BCUT2D eigenvalue weighted by Crippen LogP contribution is 2.45. The zero-order valence-corrected chi connectivity index (χ0v) is 19.2. The third-order valence-corrected chi connectivity index (χ3v) is 6.63. The van der Waals surface area contributed by atoms with Crippen molar-refractivity contribution in [3.63, 3.8) is 0 Å². The zero-order chi connectivity index (χ0) is 21.1. The molecule has 1 saturated heterocycles. The Hall–Kier alpha value is -1.90. The topological polar surface area (TPSA) is 46.6 Å². The minimum atomic E-state index is -0.121. The van der Waals surface area contributed by atoms with E-state index in [2.05, 4.69) is 15.2 Å². The number of nitrogens with zero attached hydrogens (tertiary/aromatic N) is 2. The minimum absolute atomic E-state index is 0.110. The summed E-state index contributed by atoms with van der Waals surface area (Å²) in [6, 6.07) is 15.2. The van der Waals surface area contributed by atoms with Gasteiger partial charge >= 0.3 is 0 Å². The molecule has 2 unspecified atom stereocenters. The predicted molar refractivity (Wildman–Crippen MR) is 126 cm³/mol. The molecule has 1 aliphatic rings. The first-order valence-corrected chi connectivity index (χ1v) is 11.2. The summed E-state index contributed by atoms with van der Waals surface area (Å²) in [5.41, 5.74) is 1.77. The van der Waals surface area contributed by atoms with Gasteiger partial charge in [0, 0.05) is 23.9 Å². The van der Waals surface area contributed by atoms with Crippen molar-refractivity contribution < 1.29 is 9.47 Å². The normalized spacial score (nSPS) is 18.5. The number of nitrogens with one attached hydrogen (secondary N) is 1. The van der Waals surface area contributed by atoms with Crippen molar-refractivity contribution >= 4 is 57.6 Å². The molecule has 2 atom stereocenters. The van der Waals surface area contributed by atoms with Crippen LogP contribution in [0.15, 0.2) is 54.7 Å². The molecule has 1 fully saturated rings. The van der Waals surface area contributed by atoms with Gasteiger partial charge in [-0.15, -0.1) is 11.3 Å². The lowest BCUT2D eigenvalue weighted by Crippen LogP contribution is -2.29. The van der Waals surface area contributed by atoms with Gasteiger partial charge in [-0.2, -0.15) is 0 Å². The van der Waals surface area contributed by atoms with Gasteiger partial charge in [-0.3, -0.25) is 4.98 Å². The molecule has 0 spiro atoms. The van der Waals surface area contributed by atoms with Crippen molar-refractivity contribution in [2.45, 2.75) is 12.1 Å².